The molecule has 6 heteroatoms. The minimum Gasteiger partial charge on any atom is -0.368 e. The maximum atomic E-state index is 12.5. The summed E-state index contributed by atoms with van der Waals surface area (Å²) in [7, 11) is 0. The van der Waals surface area contributed by atoms with E-state index in [9.17, 15) is 15.3 Å². The number of carbonyl (C=O) groups is 1. The summed E-state index contributed by atoms with van der Waals surface area (Å²) in [5, 5.41) is 20.4. The fourth-order valence-corrected chi connectivity index (χ4v) is 4.81. The monoisotopic (exact) mass is 418 g/mol. The van der Waals surface area contributed by atoms with Crippen LogP contribution >= 0.6 is 15.9 Å². The number of nitriles is 2. The van der Waals surface area contributed by atoms with Crippen LogP contribution in [-0.4, -0.2) is 16.8 Å². The van der Waals surface area contributed by atoms with E-state index in [1.165, 1.54) is 0 Å². The molecule has 0 saturated carbocycles. The van der Waals surface area contributed by atoms with Gasteiger partial charge in [0.2, 0.25) is 5.91 Å². The normalized spacial score (nSPS) is 24.4. The van der Waals surface area contributed by atoms with Crippen molar-refractivity contribution in [2.45, 2.75) is 18.0 Å². The first kappa shape index (κ1) is 17.3. The van der Waals surface area contributed by atoms with Gasteiger partial charge in [-0.1, -0.05) is 52.3 Å². The predicted octanol–water partition coefficient (Wildman–Crippen LogP) is 3.46. The van der Waals surface area contributed by atoms with Crippen molar-refractivity contribution in [2.24, 2.45) is 11.1 Å². The van der Waals surface area contributed by atoms with Crippen molar-refractivity contribution in [1.29, 1.82) is 10.5 Å². The zero-order valence-corrected chi connectivity index (χ0v) is 15.8. The third kappa shape index (κ3) is 2.38. The van der Waals surface area contributed by atoms with Gasteiger partial charge in [0.25, 0.3) is 0 Å². The van der Waals surface area contributed by atoms with E-state index in [4.69, 9.17) is 5.73 Å². The molecule has 0 aromatic heterocycles. The van der Waals surface area contributed by atoms with Crippen LogP contribution in [0.5, 0.6) is 0 Å². The molecule has 0 spiro atoms. The number of amides is 1. The molecule has 2 aliphatic heterocycles. The molecule has 2 aromatic carbocycles. The third-order valence-electron chi connectivity index (χ3n) is 5.44. The van der Waals surface area contributed by atoms with E-state index in [0.29, 0.717) is 0 Å². The second-order valence-electron chi connectivity index (χ2n) is 6.77. The van der Waals surface area contributed by atoms with Crippen LogP contribution in [0.1, 0.15) is 28.7 Å². The number of hydrogen-bond acceptors (Lipinski definition) is 4. The van der Waals surface area contributed by atoms with Gasteiger partial charge >= 0.3 is 0 Å². The summed E-state index contributed by atoms with van der Waals surface area (Å²) in [4.78, 5) is 14.3. The topological polar surface area (TPSA) is 93.9 Å². The molecule has 3 atom stereocenters. The van der Waals surface area contributed by atoms with E-state index in [1.807, 2.05) is 54.6 Å². The van der Waals surface area contributed by atoms with Gasteiger partial charge in [-0.2, -0.15) is 10.5 Å². The Hall–Kier alpha value is -3.09. The summed E-state index contributed by atoms with van der Waals surface area (Å²) in [6.45, 7) is 0. The molecule has 4 rings (SSSR count). The number of rotatable bonds is 2. The molecule has 2 aromatic rings. The van der Waals surface area contributed by atoms with Crippen molar-refractivity contribution in [3.05, 3.63) is 75.9 Å². The van der Waals surface area contributed by atoms with Crippen LogP contribution in [0.3, 0.4) is 0 Å². The maximum absolute atomic E-state index is 12.5. The van der Waals surface area contributed by atoms with E-state index < -0.39 is 29.3 Å². The van der Waals surface area contributed by atoms with Crippen LogP contribution in [0, 0.1) is 28.1 Å². The van der Waals surface area contributed by atoms with Crippen molar-refractivity contribution in [1.82, 2.24) is 4.90 Å². The average molecular weight is 419 g/mol. The number of halogens is 1. The number of primary amides is 1. The van der Waals surface area contributed by atoms with Crippen molar-refractivity contribution < 1.29 is 4.79 Å². The van der Waals surface area contributed by atoms with Crippen LogP contribution in [0.25, 0.3) is 6.08 Å². The Labute approximate surface area is 165 Å². The van der Waals surface area contributed by atoms with Gasteiger partial charge in [0.15, 0.2) is 5.41 Å². The molecule has 0 unspecified atom stereocenters. The molecule has 1 amide bonds. The molecule has 2 aliphatic rings. The van der Waals surface area contributed by atoms with Crippen molar-refractivity contribution in [3.8, 4) is 12.1 Å². The second-order valence-corrected chi connectivity index (χ2v) is 7.68. The lowest BCUT2D eigenvalue weighted by Crippen LogP contribution is -2.41. The highest BCUT2D eigenvalue weighted by molar-refractivity contribution is 9.10. The van der Waals surface area contributed by atoms with E-state index >= 15 is 0 Å². The minimum absolute atomic E-state index is 0.554. The molecular formula is C21H15BrN4O. The highest BCUT2D eigenvalue weighted by Crippen LogP contribution is 2.59. The lowest BCUT2D eigenvalue weighted by atomic mass is 9.68. The first-order valence-corrected chi connectivity index (χ1v) is 9.24. The summed E-state index contributed by atoms with van der Waals surface area (Å²) in [6, 6.07) is 18.2. The van der Waals surface area contributed by atoms with Gasteiger partial charge in [0, 0.05) is 16.6 Å². The van der Waals surface area contributed by atoms with Crippen molar-refractivity contribution in [3.63, 3.8) is 0 Å². The average Bonchev–Trinajstić information content (AvgIpc) is 2.99. The van der Waals surface area contributed by atoms with Gasteiger partial charge in [-0.25, -0.2) is 0 Å². The summed E-state index contributed by atoms with van der Waals surface area (Å²) in [5.74, 6) is -1.23. The molecular weight excluding hydrogens is 404 g/mol. The second kappa shape index (κ2) is 6.26. The molecule has 27 heavy (non-hydrogen) atoms. The molecule has 1 fully saturated rings. The van der Waals surface area contributed by atoms with E-state index in [2.05, 4.69) is 28.1 Å². The van der Waals surface area contributed by atoms with Gasteiger partial charge in [0.1, 0.15) is 6.04 Å². The molecule has 2 heterocycles. The number of nitrogens with two attached hydrogens (primary N) is 1. The lowest BCUT2D eigenvalue weighted by Gasteiger charge is -2.34. The number of benzene rings is 2. The standard InChI is InChI=1S/C21H15BrN4O/c22-15-6-3-5-14(10-15)17-18(20(25)27)26-9-8-13-4-1-2-7-16(13)19(26)21(17,11-23)12-24/h1-10,17-19H,(H2,25,27)/t17-,18-,19-/m1/s1. The number of hydrogen-bond donors (Lipinski definition) is 1. The highest BCUT2D eigenvalue weighted by atomic mass is 79.9. The van der Waals surface area contributed by atoms with E-state index in [1.54, 1.807) is 11.1 Å². The van der Waals surface area contributed by atoms with Crippen molar-refractivity contribution in [2.75, 3.05) is 0 Å². The third-order valence-corrected chi connectivity index (χ3v) is 5.94. The molecule has 2 N–H and O–H groups in total. The van der Waals surface area contributed by atoms with Crippen LogP contribution < -0.4 is 5.73 Å². The fraction of sp³-hybridized carbons (Fsp3) is 0.190. The Morgan fingerprint density at radius 2 is 1.89 bits per heavy atom. The van der Waals surface area contributed by atoms with E-state index in [-0.39, 0.29) is 0 Å². The van der Waals surface area contributed by atoms with E-state index in [0.717, 1.165) is 21.2 Å². The van der Waals surface area contributed by atoms with Crippen LogP contribution in [-0.2, 0) is 4.79 Å². The summed E-state index contributed by atoms with van der Waals surface area (Å²) in [5.41, 5.74) is 6.84. The van der Waals surface area contributed by atoms with Gasteiger partial charge < -0.3 is 10.6 Å². The molecule has 5 nitrogen and oxygen atoms in total. The van der Waals surface area contributed by atoms with Gasteiger partial charge in [-0.05, 0) is 34.9 Å². The number of fused-ring (bicyclic) bond motifs is 3. The minimum atomic E-state index is -1.46. The number of nitrogens with zero attached hydrogens (tertiary/aromatic N) is 3. The zero-order valence-electron chi connectivity index (χ0n) is 14.2. The summed E-state index contributed by atoms with van der Waals surface area (Å²) in [6.07, 6.45) is 3.68. The molecule has 132 valence electrons. The van der Waals surface area contributed by atoms with Crippen LogP contribution in [0.2, 0.25) is 0 Å². The van der Waals surface area contributed by atoms with Gasteiger partial charge in [0.05, 0.1) is 18.2 Å². The fourth-order valence-electron chi connectivity index (χ4n) is 4.39. The zero-order chi connectivity index (χ0) is 19.2. The molecule has 0 radical (unpaired) electrons. The first-order valence-electron chi connectivity index (χ1n) is 8.45. The molecule has 0 bridgehead atoms. The Morgan fingerprint density at radius 1 is 1.15 bits per heavy atom. The van der Waals surface area contributed by atoms with Crippen molar-refractivity contribution >= 4 is 27.9 Å². The summed E-state index contributed by atoms with van der Waals surface area (Å²) >= 11 is 3.44. The lowest BCUT2D eigenvalue weighted by molar-refractivity contribution is -0.122. The SMILES string of the molecule is N#CC1(C#N)[C@H](c2cccc(Br)c2)[C@H](C(N)=O)N2C=Cc3ccccc3[C@@H]21. The van der Waals surface area contributed by atoms with Crippen LogP contribution in [0.15, 0.2) is 59.2 Å². The smallest absolute Gasteiger partial charge is 0.240 e. The number of carbonyl (C=O) groups excluding carboxylic acids is 1. The Kier molecular flexibility index (Phi) is 4.02. The maximum Gasteiger partial charge on any atom is 0.240 e. The Bertz CT molecular complexity index is 1030. The predicted molar refractivity (Wildman–Crippen MR) is 104 cm³/mol. The molecule has 0 aliphatic carbocycles. The molecule has 1 saturated heterocycles. The summed E-state index contributed by atoms with van der Waals surface area (Å²) < 4.78 is 0.814. The Morgan fingerprint density at radius 3 is 2.56 bits per heavy atom. The van der Waals surface area contributed by atoms with Gasteiger partial charge in [-0.15, -0.1) is 0 Å². The quantitative estimate of drug-likeness (QED) is 0.807. The highest BCUT2D eigenvalue weighted by Gasteiger charge is 2.63. The van der Waals surface area contributed by atoms with Crippen LogP contribution in [0.4, 0.5) is 0 Å². The Balaban J connectivity index is 2.02. The largest absolute Gasteiger partial charge is 0.368 e. The first-order chi connectivity index (χ1) is 13.0. The van der Waals surface area contributed by atoms with Gasteiger partial charge in [-0.3, -0.25) is 4.79 Å².